The standard InChI is InChI=1S/C22H26N4O.HI/c1-2-23-22(25-14-8-16-27-19-10-4-3-5-11-19)26-17-21-20-12-7-6-9-18(20)13-15-24-21;/h3-7,9-13,15H,2,8,14,16-17H2,1H3,(H2,23,25,26);1H. The molecule has 28 heavy (non-hydrogen) atoms. The quantitative estimate of drug-likeness (QED) is 0.213. The second kappa shape index (κ2) is 12.2. The van der Waals surface area contributed by atoms with E-state index in [2.05, 4.69) is 39.7 Å². The minimum absolute atomic E-state index is 0. The lowest BCUT2D eigenvalue weighted by Crippen LogP contribution is -2.38. The number of hydrogen-bond donors (Lipinski definition) is 2. The molecule has 148 valence electrons. The summed E-state index contributed by atoms with van der Waals surface area (Å²) >= 11 is 0. The molecule has 0 aliphatic rings. The van der Waals surface area contributed by atoms with E-state index in [4.69, 9.17) is 4.74 Å². The molecule has 5 nitrogen and oxygen atoms in total. The van der Waals surface area contributed by atoms with E-state index < -0.39 is 0 Å². The number of hydrogen-bond acceptors (Lipinski definition) is 3. The van der Waals surface area contributed by atoms with Crippen LogP contribution in [-0.2, 0) is 6.54 Å². The molecule has 0 saturated carbocycles. The van der Waals surface area contributed by atoms with E-state index in [9.17, 15) is 0 Å². The smallest absolute Gasteiger partial charge is 0.191 e. The highest BCUT2D eigenvalue weighted by molar-refractivity contribution is 14.0. The third-order valence-corrected chi connectivity index (χ3v) is 4.11. The number of para-hydroxylation sites is 1. The Bertz CT molecular complexity index is 865. The van der Waals surface area contributed by atoms with Gasteiger partial charge in [-0.1, -0.05) is 42.5 Å². The van der Waals surface area contributed by atoms with Crippen molar-refractivity contribution in [3.8, 4) is 5.75 Å². The zero-order valence-electron chi connectivity index (χ0n) is 16.1. The van der Waals surface area contributed by atoms with E-state index in [-0.39, 0.29) is 24.0 Å². The summed E-state index contributed by atoms with van der Waals surface area (Å²) < 4.78 is 5.71. The molecule has 0 spiro atoms. The van der Waals surface area contributed by atoms with Crippen LogP contribution >= 0.6 is 24.0 Å². The van der Waals surface area contributed by atoms with Crippen molar-refractivity contribution in [3.63, 3.8) is 0 Å². The largest absolute Gasteiger partial charge is 0.494 e. The molecule has 0 amide bonds. The fraction of sp³-hybridized carbons (Fsp3) is 0.273. The summed E-state index contributed by atoms with van der Waals surface area (Å²) in [6.45, 7) is 4.88. The third-order valence-electron chi connectivity index (χ3n) is 4.11. The van der Waals surface area contributed by atoms with Gasteiger partial charge in [0, 0.05) is 24.7 Å². The number of nitrogens with zero attached hydrogens (tertiary/aromatic N) is 2. The van der Waals surface area contributed by atoms with E-state index in [0.717, 1.165) is 42.3 Å². The number of rotatable bonds is 8. The molecule has 1 heterocycles. The molecule has 3 rings (SSSR count). The molecule has 0 radical (unpaired) electrons. The first kappa shape index (κ1) is 21.9. The molecular formula is C22H27IN4O. The molecule has 0 bridgehead atoms. The van der Waals surface area contributed by atoms with Gasteiger partial charge >= 0.3 is 0 Å². The van der Waals surface area contributed by atoms with Crippen molar-refractivity contribution in [2.24, 2.45) is 4.99 Å². The van der Waals surface area contributed by atoms with E-state index >= 15 is 0 Å². The molecule has 0 aliphatic heterocycles. The first-order valence-corrected chi connectivity index (χ1v) is 9.39. The van der Waals surface area contributed by atoms with Gasteiger partial charge in [0.2, 0.25) is 0 Å². The van der Waals surface area contributed by atoms with Crippen molar-refractivity contribution in [1.82, 2.24) is 15.6 Å². The monoisotopic (exact) mass is 490 g/mol. The maximum Gasteiger partial charge on any atom is 0.191 e. The topological polar surface area (TPSA) is 58.5 Å². The summed E-state index contributed by atoms with van der Waals surface area (Å²) in [5.74, 6) is 1.70. The zero-order valence-corrected chi connectivity index (χ0v) is 18.4. The first-order valence-electron chi connectivity index (χ1n) is 9.39. The van der Waals surface area contributed by atoms with Gasteiger partial charge in [-0.2, -0.15) is 0 Å². The average Bonchev–Trinajstić information content (AvgIpc) is 2.72. The summed E-state index contributed by atoms with van der Waals surface area (Å²) in [5, 5.41) is 8.97. The lowest BCUT2D eigenvalue weighted by Gasteiger charge is -2.12. The van der Waals surface area contributed by atoms with E-state index in [0.29, 0.717) is 13.2 Å². The van der Waals surface area contributed by atoms with Crippen molar-refractivity contribution < 1.29 is 4.74 Å². The Balaban J connectivity index is 0.00000280. The Hall–Kier alpha value is -2.35. The van der Waals surface area contributed by atoms with Crippen LogP contribution < -0.4 is 15.4 Å². The van der Waals surface area contributed by atoms with Crippen molar-refractivity contribution in [3.05, 3.63) is 72.6 Å². The van der Waals surface area contributed by atoms with Crippen molar-refractivity contribution in [1.29, 1.82) is 0 Å². The van der Waals surface area contributed by atoms with Crippen molar-refractivity contribution in [2.45, 2.75) is 19.9 Å². The highest BCUT2D eigenvalue weighted by Crippen LogP contribution is 2.16. The summed E-state index contributed by atoms with van der Waals surface area (Å²) in [6, 6.07) is 20.2. The van der Waals surface area contributed by atoms with Gasteiger partial charge in [0.1, 0.15) is 5.75 Å². The molecule has 2 aromatic carbocycles. The second-order valence-corrected chi connectivity index (χ2v) is 6.12. The number of guanidine groups is 1. The lowest BCUT2D eigenvalue weighted by atomic mass is 10.1. The summed E-state index contributed by atoms with van der Waals surface area (Å²) in [6.07, 6.45) is 2.74. The highest BCUT2D eigenvalue weighted by atomic mass is 127. The van der Waals surface area contributed by atoms with Crippen LogP contribution in [0.25, 0.3) is 10.8 Å². The number of halogens is 1. The van der Waals surface area contributed by atoms with Crippen LogP contribution in [0.5, 0.6) is 5.75 Å². The minimum Gasteiger partial charge on any atom is -0.494 e. The Labute approximate surface area is 183 Å². The molecule has 0 aliphatic carbocycles. The number of fused-ring (bicyclic) bond motifs is 1. The van der Waals surface area contributed by atoms with Gasteiger partial charge in [-0.05, 0) is 36.9 Å². The number of pyridine rings is 1. The maximum absolute atomic E-state index is 5.71. The molecule has 0 fully saturated rings. The molecule has 1 aromatic heterocycles. The molecule has 3 aromatic rings. The number of aliphatic imine (C=N–C) groups is 1. The van der Waals surface area contributed by atoms with Gasteiger partial charge in [0.05, 0.1) is 18.8 Å². The van der Waals surface area contributed by atoms with Gasteiger partial charge in [0.25, 0.3) is 0 Å². The van der Waals surface area contributed by atoms with Crippen LogP contribution in [0.4, 0.5) is 0 Å². The first-order chi connectivity index (χ1) is 13.4. The fourth-order valence-corrected chi connectivity index (χ4v) is 2.79. The van der Waals surface area contributed by atoms with E-state index in [1.54, 1.807) is 0 Å². The Morgan fingerprint density at radius 3 is 2.61 bits per heavy atom. The summed E-state index contributed by atoms with van der Waals surface area (Å²) in [7, 11) is 0. The molecule has 0 atom stereocenters. The molecule has 0 unspecified atom stereocenters. The highest BCUT2D eigenvalue weighted by Gasteiger charge is 2.03. The number of aromatic nitrogens is 1. The predicted octanol–water partition coefficient (Wildman–Crippen LogP) is 4.38. The van der Waals surface area contributed by atoms with Crippen LogP contribution in [0.1, 0.15) is 19.0 Å². The summed E-state index contributed by atoms with van der Waals surface area (Å²) in [5.41, 5.74) is 0.984. The van der Waals surface area contributed by atoms with E-state index in [1.807, 2.05) is 54.7 Å². The van der Waals surface area contributed by atoms with Gasteiger partial charge in [0.15, 0.2) is 5.96 Å². The molecular weight excluding hydrogens is 463 g/mol. The molecule has 0 saturated heterocycles. The molecule has 2 N–H and O–H groups in total. The Morgan fingerprint density at radius 1 is 1.00 bits per heavy atom. The van der Waals surface area contributed by atoms with Gasteiger partial charge in [-0.3, -0.25) is 4.98 Å². The van der Waals surface area contributed by atoms with Crippen LogP contribution in [-0.4, -0.2) is 30.6 Å². The number of ether oxygens (including phenoxy) is 1. The van der Waals surface area contributed by atoms with Crippen molar-refractivity contribution in [2.75, 3.05) is 19.7 Å². The van der Waals surface area contributed by atoms with Gasteiger partial charge in [-0.15, -0.1) is 24.0 Å². The predicted molar refractivity (Wildman–Crippen MR) is 127 cm³/mol. The average molecular weight is 490 g/mol. The maximum atomic E-state index is 5.71. The Morgan fingerprint density at radius 2 is 1.79 bits per heavy atom. The number of benzene rings is 2. The third kappa shape index (κ3) is 6.67. The van der Waals surface area contributed by atoms with Gasteiger partial charge < -0.3 is 15.4 Å². The van der Waals surface area contributed by atoms with Crippen LogP contribution in [0.3, 0.4) is 0 Å². The van der Waals surface area contributed by atoms with Crippen LogP contribution in [0, 0.1) is 0 Å². The SMILES string of the molecule is CCNC(=NCc1nccc2ccccc12)NCCCOc1ccccc1.I. The number of nitrogens with one attached hydrogen (secondary N) is 2. The van der Waals surface area contributed by atoms with Crippen molar-refractivity contribution >= 4 is 40.7 Å². The normalized spacial score (nSPS) is 11.0. The van der Waals surface area contributed by atoms with Gasteiger partial charge in [-0.25, -0.2) is 4.99 Å². The molecule has 6 heteroatoms. The van der Waals surface area contributed by atoms with Crippen LogP contribution in [0.2, 0.25) is 0 Å². The Kier molecular flexibility index (Phi) is 9.54. The second-order valence-electron chi connectivity index (χ2n) is 6.12. The minimum atomic E-state index is 0. The van der Waals surface area contributed by atoms with E-state index in [1.165, 1.54) is 5.39 Å². The van der Waals surface area contributed by atoms with Crippen LogP contribution in [0.15, 0.2) is 71.9 Å². The lowest BCUT2D eigenvalue weighted by molar-refractivity contribution is 0.311. The fourth-order valence-electron chi connectivity index (χ4n) is 2.79. The zero-order chi connectivity index (χ0) is 18.7. The summed E-state index contributed by atoms with van der Waals surface area (Å²) in [4.78, 5) is 9.18.